The van der Waals surface area contributed by atoms with Crippen molar-refractivity contribution in [3.8, 4) is 0 Å². The molecule has 3 unspecified atom stereocenters. The van der Waals surface area contributed by atoms with Crippen LogP contribution in [0, 0.1) is 17.8 Å². The van der Waals surface area contributed by atoms with Crippen molar-refractivity contribution in [3.63, 3.8) is 0 Å². The lowest BCUT2D eigenvalue weighted by Crippen LogP contribution is -2.60. The van der Waals surface area contributed by atoms with Gasteiger partial charge in [0.05, 0.1) is 30.1 Å². The van der Waals surface area contributed by atoms with Gasteiger partial charge in [-0.3, -0.25) is 14.4 Å². The van der Waals surface area contributed by atoms with E-state index in [-0.39, 0.29) is 36.3 Å². The molecule has 3 saturated heterocycles. The molecule has 206 valence electrons. The molecule has 1 spiro atoms. The zero-order valence-corrected chi connectivity index (χ0v) is 23.0. The van der Waals surface area contributed by atoms with Crippen LogP contribution in [0.5, 0.6) is 0 Å². The lowest BCUT2D eigenvalue weighted by Gasteiger charge is -2.42. The predicted molar refractivity (Wildman–Crippen MR) is 141 cm³/mol. The molecular weight excluding hydrogens is 470 g/mol. The molecular formula is C29H45N3O5. The molecule has 3 aliphatic heterocycles. The molecule has 37 heavy (non-hydrogen) atoms. The zero-order chi connectivity index (χ0) is 27.1. The van der Waals surface area contributed by atoms with Crippen LogP contribution < -0.4 is 0 Å². The van der Waals surface area contributed by atoms with Crippen molar-refractivity contribution in [3.05, 3.63) is 25.3 Å². The molecule has 0 aromatic heterocycles. The number of likely N-dealkylation sites (N-methyl/N-ethyl adjacent to an activating group) is 1. The topological polar surface area (TPSA) is 90.4 Å². The molecule has 3 amide bonds. The highest BCUT2D eigenvalue weighted by Crippen LogP contribution is 2.65. The van der Waals surface area contributed by atoms with E-state index >= 15 is 0 Å². The van der Waals surface area contributed by atoms with E-state index in [9.17, 15) is 19.5 Å². The summed E-state index contributed by atoms with van der Waals surface area (Å²) < 4.78 is 6.84. The molecule has 3 heterocycles. The largest absolute Gasteiger partial charge is 0.394 e. The number of carbonyl (C=O) groups excluding carboxylic acids is 3. The molecule has 0 aromatic carbocycles. The first kappa shape index (κ1) is 27.8. The Balaban J connectivity index is 1.83. The summed E-state index contributed by atoms with van der Waals surface area (Å²) in [6.45, 7) is 14.1. The van der Waals surface area contributed by atoms with Gasteiger partial charge in [-0.15, -0.1) is 13.2 Å². The maximum absolute atomic E-state index is 14.6. The molecule has 1 N–H and O–H groups in total. The normalized spacial score (nSPS) is 35.8. The number of hydrogen-bond acceptors (Lipinski definition) is 5. The van der Waals surface area contributed by atoms with Crippen LogP contribution in [0.15, 0.2) is 25.3 Å². The van der Waals surface area contributed by atoms with E-state index in [0.717, 1.165) is 32.1 Å². The fraction of sp³-hybridized carbons (Fsp3) is 0.759. The molecule has 4 aliphatic rings. The van der Waals surface area contributed by atoms with Gasteiger partial charge in [0.15, 0.2) is 0 Å². The molecule has 8 heteroatoms. The highest BCUT2D eigenvalue weighted by molar-refractivity contribution is 5.99. The first-order chi connectivity index (χ1) is 17.6. The first-order valence-corrected chi connectivity index (χ1v) is 14.0. The summed E-state index contributed by atoms with van der Waals surface area (Å²) in [6, 6.07) is -1.31. The number of amides is 3. The Kier molecular flexibility index (Phi) is 7.92. The highest BCUT2D eigenvalue weighted by Gasteiger charge is 2.80. The van der Waals surface area contributed by atoms with Crippen molar-refractivity contribution in [2.24, 2.45) is 17.8 Å². The average Bonchev–Trinajstić information content (AvgIpc) is 3.40. The fourth-order valence-electron chi connectivity index (χ4n) is 7.77. The minimum absolute atomic E-state index is 0.0189. The monoisotopic (exact) mass is 515 g/mol. The summed E-state index contributed by atoms with van der Waals surface area (Å²) >= 11 is 0. The van der Waals surface area contributed by atoms with Gasteiger partial charge in [0, 0.05) is 26.2 Å². The van der Waals surface area contributed by atoms with E-state index in [1.54, 1.807) is 29.0 Å². The van der Waals surface area contributed by atoms with Crippen molar-refractivity contribution in [2.45, 2.75) is 95.0 Å². The van der Waals surface area contributed by atoms with Crippen LogP contribution >= 0.6 is 0 Å². The summed E-state index contributed by atoms with van der Waals surface area (Å²) in [7, 11) is 1.72. The Morgan fingerprint density at radius 3 is 2.41 bits per heavy atom. The number of hydrogen-bond donors (Lipinski definition) is 1. The van der Waals surface area contributed by atoms with Gasteiger partial charge in [-0.1, -0.05) is 45.3 Å². The molecule has 1 aliphatic carbocycles. The minimum Gasteiger partial charge on any atom is -0.394 e. The van der Waals surface area contributed by atoms with E-state index in [2.05, 4.69) is 20.1 Å². The van der Waals surface area contributed by atoms with Gasteiger partial charge in [-0.05, 0) is 38.5 Å². The molecule has 8 nitrogen and oxygen atoms in total. The van der Waals surface area contributed by atoms with Gasteiger partial charge in [0.2, 0.25) is 17.7 Å². The molecule has 4 rings (SSSR count). The van der Waals surface area contributed by atoms with Gasteiger partial charge in [0.25, 0.3) is 0 Å². The molecule has 0 aromatic rings. The first-order valence-electron chi connectivity index (χ1n) is 14.0. The van der Waals surface area contributed by atoms with Crippen LogP contribution in [0.4, 0.5) is 0 Å². The van der Waals surface area contributed by atoms with E-state index in [1.807, 2.05) is 18.7 Å². The summed E-state index contributed by atoms with van der Waals surface area (Å²) in [5.41, 5.74) is -1.96. The average molecular weight is 516 g/mol. The molecule has 1 saturated carbocycles. The molecule has 4 fully saturated rings. The highest BCUT2D eigenvalue weighted by atomic mass is 16.5. The number of carbonyl (C=O) groups is 3. The van der Waals surface area contributed by atoms with Crippen LogP contribution in [0.1, 0.15) is 65.7 Å². The fourth-order valence-corrected chi connectivity index (χ4v) is 7.77. The van der Waals surface area contributed by atoms with Crippen molar-refractivity contribution < 1.29 is 24.2 Å². The van der Waals surface area contributed by atoms with Gasteiger partial charge in [0.1, 0.15) is 11.6 Å². The number of rotatable bonds is 10. The third-order valence-corrected chi connectivity index (χ3v) is 9.73. The van der Waals surface area contributed by atoms with Crippen LogP contribution in [0.25, 0.3) is 0 Å². The van der Waals surface area contributed by atoms with E-state index < -0.39 is 35.1 Å². The second-order valence-electron chi connectivity index (χ2n) is 11.8. The van der Waals surface area contributed by atoms with Crippen molar-refractivity contribution in [2.75, 3.05) is 26.7 Å². The maximum atomic E-state index is 14.6. The lowest BCUT2D eigenvalue weighted by molar-refractivity contribution is -0.158. The number of fused-ring (bicyclic) bond motifs is 1. The molecule has 7 atom stereocenters. The van der Waals surface area contributed by atoms with Crippen LogP contribution in [0.2, 0.25) is 0 Å². The summed E-state index contributed by atoms with van der Waals surface area (Å²) in [5.74, 6) is -2.03. The Morgan fingerprint density at radius 2 is 1.84 bits per heavy atom. The molecule has 2 bridgehead atoms. The number of nitrogens with zero attached hydrogens (tertiary/aromatic N) is 3. The van der Waals surface area contributed by atoms with Gasteiger partial charge >= 0.3 is 0 Å². The smallest absolute Gasteiger partial charge is 0.248 e. The lowest BCUT2D eigenvalue weighted by atomic mass is 9.62. The Morgan fingerprint density at radius 1 is 1.19 bits per heavy atom. The Hall–Kier alpha value is -2.19. The maximum Gasteiger partial charge on any atom is 0.248 e. The van der Waals surface area contributed by atoms with E-state index in [1.165, 1.54) is 0 Å². The van der Waals surface area contributed by atoms with E-state index in [4.69, 9.17) is 4.74 Å². The van der Waals surface area contributed by atoms with Crippen molar-refractivity contribution in [1.29, 1.82) is 0 Å². The summed E-state index contributed by atoms with van der Waals surface area (Å²) in [4.78, 5) is 47.8. The number of ether oxygens (including phenoxy) is 1. The van der Waals surface area contributed by atoms with Crippen LogP contribution in [-0.4, -0.2) is 93.6 Å². The third-order valence-electron chi connectivity index (χ3n) is 9.73. The van der Waals surface area contributed by atoms with Crippen LogP contribution in [0.3, 0.4) is 0 Å². The predicted octanol–water partition coefficient (Wildman–Crippen LogP) is 2.76. The number of likely N-dealkylation sites (tertiary alicyclic amines) is 1. The summed E-state index contributed by atoms with van der Waals surface area (Å²) in [6.07, 6.45) is 9.59. The van der Waals surface area contributed by atoms with Crippen molar-refractivity contribution >= 4 is 17.7 Å². The second-order valence-corrected chi connectivity index (χ2v) is 11.8. The quantitative estimate of drug-likeness (QED) is 0.452. The standard InChI is InChI=1S/C29H45N3O5/c1-7-15-30(6)25(34)22-23-26(35)32(20(9-3)18-33)24(29(23)17-19(4)28(22,5)37-29)27(36)31(16-8-2)21-13-11-10-12-14-21/h7-8,19-24,33H,1-2,9-18H2,3-6H3/t19?,20-,22-,23-,24?,28+,29?/m0/s1. The van der Waals surface area contributed by atoms with Gasteiger partial charge in [-0.2, -0.15) is 0 Å². The van der Waals surface area contributed by atoms with Crippen LogP contribution in [-0.2, 0) is 19.1 Å². The third kappa shape index (κ3) is 4.15. The Bertz CT molecular complexity index is 929. The number of aliphatic hydroxyl groups excluding tert-OH is 1. The Labute approximate surface area is 221 Å². The van der Waals surface area contributed by atoms with Crippen molar-refractivity contribution in [1.82, 2.24) is 14.7 Å². The number of aliphatic hydroxyl groups is 1. The zero-order valence-electron chi connectivity index (χ0n) is 23.0. The van der Waals surface area contributed by atoms with Gasteiger partial charge < -0.3 is 24.5 Å². The SMILES string of the molecule is C=CCN(C)C(=O)[C@@H]1[C@H]2C(=O)N([C@@H](CC)CO)C(C(=O)N(CC=C)C3CCCCC3)C23CC(C)[C@@]1(C)O3. The minimum atomic E-state index is -1.10. The summed E-state index contributed by atoms with van der Waals surface area (Å²) in [5, 5.41) is 10.3. The second kappa shape index (κ2) is 10.5. The van der Waals surface area contributed by atoms with E-state index in [0.29, 0.717) is 25.9 Å². The molecule has 0 radical (unpaired) electrons. The van der Waals surface area contributed by atoms with Gasteiger partial charge in [-0.25, -0.2) is 0 Å².